The largest absolute Gasteiger partial charge is 0.478 e. The first-order valence-corrected chi connectivity index (χ1v) is 7.10. The van der Waals surface area contributed by atoms with Gasteiger partial charge in [0.1, 0.15) is 5.01 Å². The first kappa shape index (κ1) is 11.5. The Labute approximate surface area is 117 Å². The van der Waals surface area contributed by atoms with Gasteiger partial charge >= 0.3 is 5.97 Å². The van der Waals surface area contributed by atoms with Gasteiger partial charge in [0.15, 0.2) is 5.82 Å². The van der Waals surface area contributed by atoms with Crippen LogP contribution in [0.25, 0.3) is 15.5 Å². The normalized spacial score (nSPS) is 14.8. The number of carboxylic acid groups (broad SMARTS) is 1. The summed E-state index contributed by atoms with van der Waals surface area (Å²) in [7, 11) is 0. The highest BCUT2D eigenvalue weighted by atomic mass is 32.1. The molecule has 4 rings (SSSR count). The number of rotatable bonds is 3. The first-order valence-electron chi connectivity index (χ1n) is 6.28. The van der Waals surface area contributed by atoms with Gasteiger partial charge in [0.2, 0.25) is 4.96 Å². The molecule has 7 heteroatoms. The topological polar surface area (TPSA) is 80.4 Å². The minimum Gasteiger partial charge on any atom is -0.478 e. The molecule has 2 aromatic heterocycles. The molecule has 0 aliphatic heterocycles. The molecule has 0 spiro atoms. The minimum absolute atomic E-state index is 0.260. The van der Waals surface area contributed by atoms with Crippen LogP contribution >= 0.6 is 11.3 Å². The van der Waals surface area contributed by atoms with Crippen molar-refractivity contribution in [2.45, 2.75) is 18.8 Å². The average Bonchev–Trinajstić information content (AvgIpc) is 3.08. The van der Waals surface area contributed by atoms with Gasteiger partial charge in [-0.3, -0.25) is 0 Å². The van der Waals surface area contributed by atoms with E-state index in [4.69, 9.17) is 5.11 Å². The van der Waals surface area contributed by atoms with E-state index in [-0.39, 0.29) is 5.56 Å². The van der Waals surface area contributed by atoms with Gasteiger partial charge in [-0.1, -0.05) is 23.5 Å². The third-order valence-corrected chi connectivity index (χ3v) is 4.26. The van der Waals surface area contributed by atoms with Crippen molar-refractivity contribution in [3.8, 4) is 10.6 Å². The Morgan fingerprint density at radius 2 is 2.20 bits per heavy atom. The third kappa shape index (κ3) is 1.78. The van der Waals surface area contributed by atoms with E-state index in [0.717, 1.165) is 34.2 Å². The van der Waals surface area contributed by atoms with Crippen LogP contribution in [0.1, 0.15) is 34.9 Å². The van der Waals surface area contributed by atoms with Crippen LogP contribution in [-0.4, -0.2) is 30.9 Å². The van der Waals surface area contributed by atoms with Gasteiger partial charge in [0.25, 0.3) is 0 Å². The molecule has 1 aromatic carbocycles. The Morgan fingerprint density at radius 3 is 2.95 bits per heavy atom. The number of carbonyl (C=O) groups is 1. The Morgan fingerprint density at radius 1 is 1.35 bits per heavy atom. The molecule has 0 unspecified atom stereocenters. The van der Waals surface area contributed by atoms with Crippen LogP contribution in [-0.2, 0) is 0 Å². The summed E-state index contributed by atoms with van der Waals surface area (Å²) in [4.78, 5) is 11.8. The molecule has 1 saturated carbocycles. The Hall–Kier alpha value is -2.28. The van der Waals surface area contributed by atoms with Crippen molar-refractivity contribution in [1.29, 1.82) is 0 Å². The molecular weight excluding hydrogens is 276 g/mol. The fourth-order valence-corrected chi connectivity index (χ4v) is 2.97. The third-order valence-electron chi connectivity index (χ3n) is 3.31. The summed E-state index contributed by atoms with van der Waals surface area (Å²) >= 11 is 1.42. The van der Waals surface area contributed by atoms with E-state index < -0.39 is 5.97 Å². The lowest BCUT2D eigenvalue weighted by Gasteiger charge is -1.98. The number of fused-ring (bicyclic) bond motifs is 1. The highest BCUT2D eigenvalue weighted by Crippen LogP contribution is 2.39. The molecule has 6 nitrogen and oxygen atoms in total. The van der Waals surface area contributed by atoms with Crippen LogP contribution in [0.2, 0.25) is 0 Å². The average molecular weight is 286 g/mol. The van der Waals surface area contributed by atoms with E-state index in [1.165, 1.54) is 11.3 Å². The Bertz CT molecular complexity index is 819. The molecule has 0 radical (unpaired) electrons. The second-order valence-electron chi connectivity index (χ2n) is 4.82. The molecule has 0 bridgehead atoms. The Kier molecular flexibility index (Phi) is 2.37. The first-order chi connectivity index (χ1) is 9.72. The zero-order valence-electron chi connectivity index (χ0n) is 10.4. The van der Waals surface area contributed by atoms with E-state index >= 15 is 0 Å². The molecule has 0 atom stereocenters. The standard InChI is InChI=1S/C13H10N4O2S/c18-12(19)9-3-1-2-8(6-9)11-16-17-10(7-4-5-7)14-15-13(17)20-11/h1-3,6-7H,4-5H2,(H,18,19). The van der Waals surface area contributed by atoms with Crippen LogP contribution in [0, 0.1) is 0 Å². The highest BCUT2D eigenvalue weighted by molar-refractivity contribution is 7.19. The zero-order chi connectivity index (χ0) is 13.7. The summed E-state index contributed by atoms with van der Waals surface area (Å²) in [5.74, 6) is 0.454. The van der Waals surface area contributed by atoms with Crippen molar-refractivity contribution < 1.29 is 9.90 Å². The fourth-order valence-electron chi connectivity index (χ4n) is 2.13. The number of aromatic carboxylic acids is 1. The summed E-state index contributed by atoms with van der Waals surface area (Å²) in [5, 5.41) is 22.6. The van der Waals surface area contributed by atoms with Gasteiger partial charge in [-0.25, -0.2) is 4.79 Å². The van der Waals surface area contributed by atoms with Gasteiger partial charge in [0, 0.05) is 11.5 Å². The maximum absolute atomic E-state index is 11.0. The van der Waals surface area contributed by atoms with Crippen LogP contribution in [0.5, 0.6) is 0 Å². The molecule has 1 fully saturated rings. The smallest absolute Gasteiger partial charge is 0.335 e. The highest BCUT2D eigenvalue weighted by Gasteiger charge is 2.30. The van der Waals surface area contributed by atoms with Crippen molar-refractivity contribution >= 4 is 22.3 Å². The zero-order valence-corrected chi connectivity index (χ0v) is 11.2. The molecule has 100 valence electrons. The van der Waals surface area contributed by atoms with E-state index in [1.54, 1.807) is 22.7 Å². The summed E-state index contributed by atoms with van der Waals surface area (Å²) in [6.45, 7) is 0. The lowest BCUT2D eigenvalue weighted by atomic mass is 10.1. The van der Waals surface area contributed by atoms with Crippen molar-refractivity contribution in [1.82, 2.24) is 19.8 Å². The van der Waals surface area contributed by atoms with E-state index in [1.807, 2.05) is 6.07 Å². The van der Waals surface area contributed by atoms with E-state index in [0.29, 0.717) is 5.92 Å². The van der Waals surface area contributed by atoms with Crippen molar-refractivity contribution in [3.05, 3.63) is 35.7 Å². The van der Waals surface area contributed by atoms with Crippen molar-refractivity contribution in [2.24, 2.45) is 0 Å². The number of nitrogens with zero attached hydrogens (tertiary/aromatic N) is 4. The van der Waals surface area contributed by atoms with Crippen LogP contribution < -0.4 is 0 Å². The van der Waals surface area contributed by atoms with Crippen molar-refractivity contribution in [3.63, 3.8) is 0 Å². The molecule has 1 N–H and O–H groups in total. The SMILES string of the molecule is O=C(O)c1cccc(-c2nn3c(C4CC4)nnc3s2)c1. The number of carboxylic acids is 1. The fraction of sp³-hybridized carbons (Fsp3) is 0.231. The van der Waals surface area contributed by atoms with Gasteiger partial charge in [-0.2, -0.15) is 9.61 Å². The van der Waals surface area contributed by atoms with Crippen molar-refractivity contribution in [2.75, 3.05) is 0 Å². The quantitative estimate of drug-likeness (QED) is 0.799. The molecule has 20 heavy (non-hydrogen) atoms. The summed E-state index contributed by atoms with van der Waals surface area (Å²) < 4.78 is 1.78. The van der Waals surface area contributed by atoms with E-state index in [9.17, 15) is 4.79 Å². The maximum Gasteiger partial charge on any atom is 0.335 e. The molecule has 1 aliphatic carbocycles. The Balaban J connectivity index is 1.81. The predicted octanol–water partition coefficient (Wildman–Crippen LogP) is 2.43. The molecule has 2 heterocycles. The number of benzene rings is 1. The number of hydrogen-bond acceptors (Lipinski definition) is 5. The van der Waals surface area contributed by atoms with Crippen LogP contribution in [0.15, 0.2) is 24.3 Å². The summed E-state index contributed by atoms with van der Waals surface area (Å²) in [5.41, 5.74) is 1.05. The van der Waals surface area contributed by atoms with Crippen LogP contribution in [0.4, 0.5) is 0 Å². The lowest BCUT2D eigenvalue weighted by Crippen LogP contribution is -1.96. The second-order valence-corrected chi connectivity index (χ2v) is 5.78. The molecular formula is C13H10N4O2S. The van der Waals surface area contributed by atoms with Crippen LogP contribution in [0.3, 0.4) is 0 Å². The second kappa shape index (κ2) is 4.11. The molecule has 1 aliphatic rings. The van der Waals surface area contributed by atoms with Gasteiger partial charge in [-0.15, -0.1) is 10.2 Å². The predicted molar refractivity (Wildman–Crippen MR) is 73.0 cm³/mol. The molecule has 0 saturated heterocycles. The van der Waals surface area contributed by atoms with E-state index in [2.05, 4.69) is 15.3 Å². The number of hydrogen-bond donors (Lipinski definition) is 1. The summed E-state index contributed by atoms with van der Waals surface area (Å²) in [6, 6.07) is 6.78. The molecule has 0 amide bonds. The van der Waals surface area contributed by atoms with Gasteiger partial charge < -0.3 is 5.11 Å². The monoisotopic (exact) mass is 286 g/mol. The molecule has 3 aromatic rings. The lowest BCUT2D eigenvalue weighted by molar-refractivity contribution is 0.0697. The minimum atomic E-state index is -0.937. The van der Waals surface area contributed by atoms with Gasteiger partial charge in [-0.05, 0) is 25.0 Å². The van der Waals surface area contributed by atoms with Gasteiger partial charge in [0.05, 0.1) is 5.56 Å². The maximum atomic E-state index is 11.0. The number of aromatic nitrogens is 4. The summed E-state index contributed by atoms with van der Waals surface area (Å²) in [6.07, 6.45) is 2.28.